The van der Waals surface area contributed by atoms with Gasteiger partial charge < -0.3 is 0 Å². The Morgan fingerprint density at radius 2 is 1.91 bits per heavy atom. The second-order valence-electron chi connectivity index (χ2n) is 5.29. The van der Waals surface area contributed by atoms with Crippen LogP contribution in [0.25, 0.3) is 0 Å². The normalized spacial score (nSPS) is 19.3. The number of hydrogen-bond acceptors (Lipinski definition) is 5. The van der Waals surface area contributed by atoms with E-state index in [9.17, 15) is 22.4 Å². The van der Waals surface area contributed by atoms with E-state index in [4.69, 9.17) is 0 Å². The standard InChI is InChI=1S/C14H17FN2O4S2/c15-11-3-1-2-4-12(11)22-8-14(19)17-16-13(18)7-10-5-6-23(20,21)9-10/h1-4,10H,5-9H2,(H,16,18)(H,17,19)/t10-/m1/s1. The van der Waals surface area contributed by atoms with Gasteiger partial charge in [-0.3, -0.25) is 20.4 Å². The predicted molar refractivity (Wildman–Crippen MR) is 84.8 cm³/mol. The summed E-state index contributed by atoms with van der Waals surface area (Å²) in [5.41, 5.74) is 4.48. The monoisotopic (exact) mass is 360 g/mol. The van der Waals surface area contributed by atoms with Gasteiger partial charge in [0.2, 0.25) is 11.8 Å². The molecule has 126 valence electrons. The molecule has 1 aliphatic heterocycles. The van der Waals surface area contributed by atoms with Crippen molar-refractivity contribution in [2.45, 2.75) is 17.7 Å². The van der Waals surface area contributed by atoms with Crippen molar-refractivity contribution in [1.82, 2.24) is 10.9 Å². The van der Waals surface area contributed by atoms with Gasteiger partial charge in [0.1, 0.15) is 5.82 Å². The van der Waals surface area contributed by atoms with Gasteiger partial charge in [-0.1, -0.05) is 12.1 Å². The molecule has 0 saturated carbocycles. The van der Waals surface area contributed by atoms with Gasteiger partial charge in [0.25, 0.3) is 0 Å². The van der Waals surface area contributed by atoms with E-state index >= 15 is 0 Å². The number of hydrogen-bond donors (Lipinski definition) is 2. The lowest BCUT2D eigenvalue weighted by atomic mass is 10.1. The lowest BCUT2D eigenvalue weighted by Crippen LogP contribution is -2.43. The van der Waals surface area contributed by atoms with Crippen molar-refractivity contribution in [1.29, 1.82) is 0 Å². The van der Waals surface area contributed by atoms with Crippen molar-refractivity contribution in [2.24, 2.45) is 5.92 Å². The number of sulfone groups is 1. The van der Waals surface area contributed by atoms with Gasteiger partial charge in [0.15, 0.2) is 9.84 Å². The molecule has 9 heteroatoms. The molecule has 23 heavy (non-hydrogen) atoms. The molecular weight excluding hydrogens is 343 g/mol. The number of amides is 2. The number of hydrazine groups is 1. The Morgan fingerprint density at radius 3 is 2.57 bits per heavy atom. The fourth-order valence-electron chi connectivity index (χ4n) is 2.23. The number of rotatable bonds is 5. The van der Waals surface area contributed by atoms with Gasteiger partial charge in [-0.05, 0) is 24.5 Å². The number of halogens is 1. The van der Waals surface area contributed by atoms with Crippen molar-refractivity contribution in [3.63, 3.8) is 0 Å². The highest BCUT2D eigenvalue weighted by Crippen LogP contribution is 2.21. The average Bonchev–Trinajstić information content (AvgIpc) is 2.83. The summed E-state index contributed by atoms with van der Waals surface area (Å²) in [5.74, 6) is -1.43. The third-order valence-corrected chi connectivity index (χ3v) is 6.22. The minimum atomic E-state index is -3.02. The molecule has 0 spiro atoms. The molecule has 1 aromatic rings. The first-order valence-electron chi connectivity index (χ1n) is 7.01. The van der Waals surface area contributed by atoms with E-state index in [-0.39, 0.29) is 29.6 Å². The molecule has 0 radical (unpaired) electrons. The van der Waals surface area contributed by atoms with Gasteiger partial charge in [-0.2, -0.15) is 0 Å². The van der Waals surface area contributed by atoms with Crippen molar-refractivity contribution in [2.75, 3.05) is 17.3 Å². The number of carbonyl (C=O) groups is 2. The summed E-state index contributed by atoms with van der Waals surface area (Å²) in [6.07, 6.45) is 0.521. The topological polar surface area (TPSA) is 92.3 Å². The van der Waals surface area contributed by atoms with E-state index in [1.807, 2.05) is 0 Å². The fraction of sp³-hybridized carbons (Fsp3) is 0.429. The van der Waals surface area contributed by atoms with E-state index in [0.717, 1.165) is 11.8 Å². The Balaban J connectivity index is 1.68. The van der Waals surface area contributed by atoms with Crippen LogP contribution in [0.1, 0.15) is 12.8 Å². The van der Waals surface area contributed by atoms with Crippen molar-refractivity contribution >= 4 is 33.4 Å². The highest BCUT2D eigenvalue weighted by atomic mass is 32.2. The quantitative estimate of drug-likeness (QED) is 0.601. The van der Waals surface area contributed by atoms with E-state index in [1.165, 1.54) is 6.07 Å². The average molecular weight is 360 g/mol. The molecule has 0 bridgehead atoms. The smallest absolute Gasteiger partial charge is 0.248 e. The first-order valence-corrected chi connectivity index (χ1v) is 9.82. The van der Waals surface area contributed by atoms with E-state index in [0.29, 0.717) is 11.3 Å². The zero-order valence-corrected chi connectivity index (χ0v) is 13.9. The van der Waals surface area contributed by atoms with Crippen molar-refractivity contribution in [3.8, 4) is 0 Å². The zero-order chi connectivity index (χ0) is 16.9. The summed E-state index contributed by atoms with van der Waals surface area (Å²) in [7, 11) is -3.02. The van der Waals surface area contributed by atoms with Gasteiger partial charge in [0, 0.05) is 11.3 Å². The number of carbonyl (C=O) groups excluding carboxylic acids is 2. The van der Waals surface area contributed by atoms with Crippen LogP contribution in [0.3, 0.4) is 0 Å². The molecule has 6 nitrogen and oxygen atoms in total. The van der Waals surface area contributed by atoms with Gasteiger partial charge in [-0.25, -0.2) is 12.8 Å². The predicted octanol–water partition coefficient (Wildman–Crippen LogP) is 0.890. The Hall–Kier alpha value is -1.61. The zero-order valence-electron chi connectivity index (χ0n) is 12.2. The minimum absolute atomic E-state index is 0.0114. The highest BCUT2D eigenvalue weighted by Gasteiger charge is 2.29. The summed E-state index contributed by atoms with van der Waals surface area (Å²) in [6.45, 7) is 0. The summed E-state index contributed by atoms with van der Waals surface area (Å²) in [4.78, 5) is 23.6. The van der Waals surface area contributed by atoms with Gasteiger partial charge in [-0.15, -0.1) is 11.8 Å². The van der Waals surface area contributed by atoms with Crippen LogP contribution < -0.4 is 10.9 Å². The first-order chi connectivity index (χ1) is 10.9. The van der Waals surface area contributed by atoms with Gasteiger partial charge in [0.05, 0.1) is 17.3 Å². The highest BCUT2D eigenvalue weighted by molar-refractivity contribution is 8.00. The maximum Gasteiger partial charge on any atom is 0.248 e. The third-order valence-electron chi connectivity index (χ3n) is 3.34. The lowest BCUT2D eigenvalue weighted by molar-refractivity contribution is -0.128. The molecule has 1 atom stereocenters. The second-order valence-corrected chi connectivity index (χ2v) is 8.53. The summed E-state index contributed by atoms with van der Waals surface area (Å²) in [5, 5.41) is 0. The third kappa shape index (κ3) is 5.83. The summed E-state index contributed by atoms with van der Waals surface area (Å²) >= 11 is 1.02. The van der Waals surface area contributed by atoms with Crippen molar-refractivity contribution in [3.05, 3.63) is 30.1 Å². The molecule has 1 aromatic carbocycles. The molecule has 2 amide bonds. The Morgan fingerprint density at radius 1 is 1.22 bits per heavy atom. The summed E-state index contributed by atoms with van der Waals surface area (Å²) in [6, 6.07) is 6.09. The van der Waals surface area contributed by atoms with E-state index < -0.39 is 27.5 Å². The van der Waals surface area contributed by atoms with Crippen LogP contribution >= 0.6 is 11.8 Å². The van der Waals surface area contributed by atoms with Crippen LogP contribution in [0.5, 0.6) is 0 Å². The van der Waals surface area contributed by atoms with Crippen LogP contribution in [0.15, 0.2) is 29.2 Å². The SMILES string of the molecule is O=C(CSc1ccccc1F)NNC(=O)C[C@H]1CCS(=O)(=O)C1. The number of nitrogens with one attached hydrogen (secondary N) is 2. The molecule has 2 N–H and O–H groups in total. The Labute approximate surface area is 138 Å². The number of benzene rings is 1. The lowest BCUT2D eigenvalue weighted by Gasteiger charge is -2.10. The number of thioether (sulfide) groups is 1. The first kappa shape index (κ1) is 17.7. The van der Waals surface area contributed by atoms with Crippen LogP contribution in [-0.4, -0.2) is 37.5 Å². The van der Waals surface area contributed by atoms with E-state index in [2.05, 4.69) is 10.9 Å². The maximum atomic E-state index is 13.4. The van der Waals surface area contributed by atoms with Crippen LogP contribution in [0, 0.1) is 11.7 Å². The molecule has 0 unspecified atom stereocenters. The molecule has 1 heterocycles. The molecular formula is C14H17FN2O4S2. The maximum absolute atomic E-state index is 13.4. The van der Waals surface area contributed by atoms with Gasteiger partial charge >= 0.3 is 0 Å². The largest absolute Gasteiger partial charge is 0.273 e. The molecule has 0 aromatic heterocycles. The van der Waals surface area contributed by atoms with Crippen LogP contribution in [-0.2, 0) is 19.4 Å². The van der Waals surface area contributed by atoms with Crippen LogP contribution in [0.4, 0.5) is 4.39 Å². The van der Waals surface area contributed by atoms with Crippen molar-refractivity contribution < 1.29 is 22.4 Å². The molecule has 0 aliphatic carbocycles. The Kier molecular flexibility index (Phi) is 6.00. The second kappa shape index (κ2) is 7.78. The fourth-order valence-corrected chi connectivity index (χ4v) is 4.83. The van der Waals surface area contributed by atoms with E-state index in [1.54, 1.807) is 18.2 Å². The molecule has 1 saturated heterocycles. The van der Waals surface area contributed by atoms with Crippen LogP contribution in [0.2, 0.25) is 0 Å². The molecule has 2 rings (SSSR count). The minimum Gasteiger partial charge on any atom is -0.273 e. The molecule has 1 fully saturated rings. The summed E-state index contributed by atoms with van der Waals surface area (Å²) < 4.78 is 36.0. The Bertz CT molecular complexity index is 694. The molecule has 1 aliphatic rings.